The molecule has 0 fully saturated rings. The third-order valence-electron chi connectivity index (χ3n) is 5.06. The number of hydrogen-bond acceptors (Lipinski definition) is 5. The molecule has 3 aromatic carbocycles. The second kappa shape index (κ2) is 10.0. The quantitative estimate of drug-likeness (QED) is 0.354. The van der Waals surface area contributed by atoms with Gasteiger partial charge in [0.05, 0.1) is 28.6 Å². The second-order valence-corrected chi connectivity index (χ2v) is 7.94. The predicted molar refractivity (Wildman–Crippen MR) is 128 cm³/mol. The monoisotopic (exact) mass is 428 g/mol. The maximum Gasteiger partial charge on any atom is 0.241 e. The summed E-state index contributed by atoms with van der Waals surface area (Å²) in [5.74, 6) is -0.129. The van der Waals surface area contributed by atoms with Gasteiger partial charge in [0, 0.05) is 17.5 Å². The van der Waals surface area contributed by atoms with Crippen molar-refractivity contribution in [1.29, 1.82) is 0 Å². The Bertz CT molecular complexity index is 1110. The first-order valence-electron chi connectivity index (χ1n) is 10.1. The number of nitrogens with one attached hydrogen (secondary N) is 2. The van der Waals surface area contributed by atoms with Crippen molar-refractivity contribution in [2.24, 2.45) is 0 Å². The van der Waals surface area contributed by atoms with Gasteiger partial charge >= 0.3 is 0 Å². The molecule has 1 unspecified atom stereocenters. The Balaban J connectivity index is 1.54. The van der Waals surface area contributed by atoms with Gasteiger partial charge in [-0.2, -0.15) is 0 Å². The molecule has 0 radical (unpaired) electrons. The van der Waals surface area contributed by atoms with Crippen LogP contribution < -0.4 is 16.4 Å². The first kappa shape index (κ1) is 20.8. The van der Waals surface area contributed by atoms with Crippen molar-refractivity contribution in [3.8, 4) is 11.1 Å². The summed E-state index contributed by atoms with van der Waals surface area (Å²) >= 11 is 1.54. The number of nitrogen functional groups attached to an aromatic ring is 1. The molecule has 156 valence electrons. The normalized spacial score (nSPS) is 11.7. The Labute approximate surface area is 186 Å². The standard InChI is InChI=1S/C25H24N4OS/c26-24-21(19-10-5-2-6-11-19)12-7-13-22(24)29-25(30)23(14-18-8-3-1-4-9-18)27-15-20-16-31-17-28-20/h1-13,16-17,23,27H,14-15,26H2,(H,29,30). The van der Waals surface area contributed by atoms with Crippen LogP contribution in [0.15, 0.2) is 89.8 Å². The Morgan fingerprint density at radius 2 is 1.71 bits per heavy atom. The van der Waals surface area contributed by atoms with E-state index in [1.54, 1.807) is 5.51 Å². The zero-order valence-electron chi connectivity index (χ0n) is 17.0. The van der Waals surface area contributed by atoms with E-state index in [9.17, 15) is 4.79 Å². The Hall–Kier alpha value is -3.48. The van der Waals surface area contributed by atoms with Crippen LogP contribution in [0.4, 0.5) is 11.4 Å². The average Bonchev–Trinajstić information content (AvgIpc) is 3.33. The minimum Gasteiger partial charge on any atom is -0.397 e. The van der Waals surface area contributed by atoms with E-state index < -0.39 is 6.04 Å². The Morgan fingerprint density at radius 3 is 2.42 bits per heavy atom. The fraction of sp³-hybridized carbons (Fsp3) is 0.120. The summed E-state index contributed by atoms with van der Waals surface area (Å²) in [5, 5.41) is 8.35. The first-order valence-corrected chi connectivity index (χ1v) is 11.0. The maximum atomic E-state index is 13.2. The molecule has 1 heterocycles. The van der Waals surface area contributed by atoms with Crippen molar-refractivity contribution in [2.75, 3.05) is 11.1 Å². The van der Waals surface area contributed by atoms with Gasteiger partial charge in [0.2, 0.25) is 5.91 Å². The van der Waals surface area contributed by atoms with Crippen molar-refractivity contribution < 1.29 is 4.79 Å². The number of nitrogens with zero attached hydrogens (tertiary/aromatic N) is 1. The van der Waals surface area contributed by atoms with Crippen molar-refractivity contribution >= 4 is 28.6 Å². The van der Waals surface area contributed by atoms with Crippen LogP contribution in [-0.2, 0) is 17.8 Å². The van der Waals surface area contributed by atoms with E-state index in [2.05, 4.69) is 15.6 Å². The highest BCUT2D eigenvalue weighted by atomic mass is 32.1. The molecule has 0 bridgehead atoms. The fourth-order valence-electron chi connectivity index (χ4n) is 3.42. The molecule has 4 aromatic rings. The molecule has 4 N–H and O–H groups in total. The highest BCUT2D eigenvalue weighted by molar-refractivity contribution is 7.07. The molecule has 6 heteroatoms. The van der Waals surface area contributed by atoms with Gasteiger partial charge in [0.1, 0.15) is 0 Å². The van der Waals surface area contributed by atoms with Gasteiger partial charge in [0.25, 0.3) is 0 Å². The van der Waals surface area contributed by atoms with Crippen molar-refractivity contribution in [3.05, 3.63) is 101 Å². The number of aromatic nitrogens is 1. The number of carbonyl (C=O) groups is 1. The summed E-state index contributed by atoms with van der Waals surface area (Å²) < 4.78 is 0. The van der Waals surface area contributed by atoms with E-state index in [1.165, 1.54) is 11.3 Å². The lowest BCUT2D eigenvalue weighted by atomic mass is 10.0. The molecular weight excluding hydrogens is 404 g/mol. The van der Waals surface area contributed by atoms with Gasteiger partial charge in [0.15, 0.2) is 0 Å². The topological polar surface area (TPSA) is 80.0 Å². The number of hydrogen-bond donors (Lipinski definition) is 3. The number of nitrogens with two attached hydrogens (primary N) is 1. The maximum absolute atomic E-state index is 13.2. The molecule has 0 aliphatic heterocycles. The lowest BCUT2D eigenvalue weighted by Gasteiger charge is -2.20. The molecule has 0 saturated heterocycles. The van der Waals surface area contributed by atoms with E-state index in [-0.39, 0.29) is 5.91 Å². The van der Waals surface area contributed by atoms with Crippen LogP contribution in [0.25, 0.3) is 11.1 Å². The molecule has 31 heavy (non-hydrogen) atoms. The summed E-state index contributed by atoms with van der Waals surface area (Å²) in [6.07, 6.45) is 0.565. The van der Waals surface area contributed by atoms with E-state index in [0.717, 1.165) is 22.4 Å². The van der Waals surface area contributed by atoms with Crippen molar-refractivity contribution in [2.45, 2.75) is 19.0 Å². The molecule has 0 spiro atoms. The molecule has 1 aromatic heterocycles. The van der Waals surface area contributed by atoms with E-state index >= 15 is 0 Å². The number of rotatable bonds is 8. The number of benzene rings is 3. The lowest BCUT2D eigenvalue weighted by Crippen LogP contribution is -2.42. The van der Waals surface area contributed by atoms with Crippen molar-refractivity contribution in [1.82, 2.24) is 10.3 Å². The molecule has 0 aliphatic carbocycles. The average molecular weight is 429 g/mol. The van der Waals surface area contributed by atoms with Gasteiger partial charge in [-0.1, -0.05) is 72.8 Å². The van der Waals surface area contributed by atoms with Crippen LogP contribution in [0, 0.1) is 0 Å². The van der Waals surface area contributed by atoms with Gasteiger partial charge in [-0.05, 0) is 23.6 Å². The van der Waals surface area contributed by atoms with Crippen molar-refractivity contribution in [3.63, 3.8) is 0 Å². The number of anilines is 2. The number of para-hydroxylation sites is 1. The van der Waals surface area contributed by atoms with Gasteiger partial charge in [-0.25, -0.2) is 4.98 Å². The number of amides is 1. The molecule has 1 amide bonds. The smallest absolute Gasteiger partial charge is 0.241 e. The molecule has 5 nitrogen and oxygen atoms in total. The highest BCUT2D eigenvalue weighted by Gasteiger charge is 2.20. The van der Waals surface area contributed by atoms with Crippen LogP contribution in [-0.4, -0.2) is 16.9 Å². The summed E-state index contributed by atoms with van der Waals surface area (Å²) in [5.41, 5.74) is 13.3. The minimum atomic E-state index is -0.427. The van der Waals surface area contributed by atoms with E-state index in [0.29, 0.717) is 24.3 Å². The van der Waals surface area contributed by atoms with Gasteiger partial charge in [-0.3, -0.25) is 10.1 Å². The van der Waals surface area contributed by atoms with Crippen LogP contribution in [0.5, 0.6) is 0 Å². The summed E-state index contributed by atoms with van der Waals surface area (Å²) in [6.45, 7) is 0.522. The summed E-state index contributed by atoms with van der Waals surface area (Å²) in [4.78, 5) is 17.5. The molecule has 0 aliphatic rings. The lowest BCUT2D eigenvalue weighted by molar-refractivity contribution is -0.118. The van der Waals surface area contributed by atoms with Gasteiger partial charge < -0.3 is 11.1 Å². The molecule has 4 rings (SSSR count). The SMILES string of the molecule is Nc1c(NC(=O)C(Cc2ccccc2)NCc2cscn2)cccc1-c1ccccc1. The second-order valence-electron chi connectivity index (χ2n) is 7.23. The third kappa shape index (κ3) is 5.36. The first-order chi connectivity index (χ1) is 15.2. The van der Waals surface area contributed by atoms with E-state index in [4.69, 9.17) is 5.73 Å². The van der Waals surface area contributed by atoms with Gasteiger partial charge in [-0.15, -0.1) is 11.3 Å². The summed E-state index contributed by atoms with van der Waals surface area (Å²) in [7, 11) is 0. The Morgan fingerprint density at radius 1 is 0.968 bits per heavy atom. The van der Waals surface area contributed by atoms with Crippen LogP contribution >= 0.6 is 11.3 Å². The zero-order chi connectivity index (χ0) is 21.5. The summed E-state index contributed by atoms with van der Waals surface area (Å²) in [6, 6.07) is 25.2. The molecule has 1 atom stereocenters. The zero-order valence-corrected chi connectivity index (χ0v) is 17.8. The fourth-order valence-corrected chi connectivity index (χ4v) is 3.98. The van der Waals surface area contributed by atoms with E-state index in [1.807, 2.05) is 84.2 Å². The highest BCUT2D eigenvalue weighted by Crippen LogP contribution is 2.31. The largest absolute Gasteiger partial charge is 0.397 e. The number of thiazole rings is 1. The predicted octanol–water partition coefficient (Wildman–Crippen LogP) is 4.73. The molecular formula is C25H24N4OS. The third-order valence-corrected chi connectivity index (χ3v) is 5.70. The minimum absolute atomic E-state index is 0.129. The number of carbonyl (C=O) groups excluding carboxylic acids is 1. The Kier molecular flexibility index (Phi) is 6.72. The van der Waals surface area contributed by atoms with Crippen LogP contribution in [0.1, 0.15) is 11.3 Å². The van der Waals surface area contributed by atoms with Crippen LogP contribution in [0.3, 0.4) is 0 Å². The van der Waals surface area contributed by atoms with Crippen LogP contribution in [0.2, 0.25) is 0 Å². The molecule has 0 saturated carbocycles.